The Kier molecular flexibility index (Phi) is 7.89. The summed E-state index contributed by atoms with van der Waals surface area (Å²) in [5.74, 6) is -0.997. The van der Waals surface area contributed by atoms with Crippen molar-refractivity contribution in [3.8, 4) is 0 Å². The first-order chi connectivity index (χ1) is 16.0. The van der Waals surface area contributed by atoms with Crippen LogP contribution in [0.3, 0.4) is 0 Å². The third-order valence-corrected chi connectivity index (χ3v) is 5.89. The minimum atomic E-state index is -0.909. The van der Waals surface area contributed by atoms with Crippen molar-refractivity contribution in [3.63, 3.8) is 0 Å². The summed E-state index contributed by atoms with van der Waals surface area (Å²) in [5, 5.41) is 7.53. The van der Waals surface area contributed by atoms with Gasteiger partial charge in [-0.15, -0.1) is 11.3 Å². The van der Waals surface area contributed by atoms with Crippen molar-refractivity contribution >= 4 is 34.7 Å². The van der Waals surface area contributed by atoms with Gasteiger partial charge >= 0.3 is 0 Å². The van der Waals surface area contributed by atoms with Crippen molar-refractivity contribution in [3.05, 3.63) is 87.6 Å². The third-order valence-electron chi connectivity index (χ3n) is 5.02. The Hall–Kier alpha value is -3.45. The molecule has 0 saturated heterocycles. The predicted octanol–water partition coefficient (Wildman–Crippen LogP) is 4.78. The van der Waals surface area contributed by atoms with E-state index < -0.39 is 11.6 Å². The zero-order valence-electron chi connectivity index (χ0n) is 20.2. The van der Waals surface area contributed by atoms with Crippen LogP contribution in [0.4, 0.5) is 5.69 Å². The Morgan fingerprint density at radius 3 is 2.15 bits per heavy atom. The molecule has 34 heavy (non-hydrogen) atoms. The average Bonchev–Trinajstić information content (AvgIpc) is 3.29. The molecular formula is C27H31N3O3S. The fourth-order valence-corrected chi connectivity index (χ4v) is 4.39. The van der Waals surface area contributed by atoms with Crippen molar-refractivity contribution in [1.29, 1.82) is 0 Å². The summed E-state index contributed by atoms with van der Waals surface area (Å²) in [5.41, 5.74) is 2.73. The average molecular weight is 478 g/mol. The van der Waals surface area contributed by atoms with Gasteiger partial charge in [-0.05, 0) is 74.9 Å². The van der Waals surface area contributed by atoms with E-state index in [9.17, 15) is 14.4 Å². The van der Waals surface area contributed by atoms with E-state index in [4.69, 9.17) is 0 Å². The highest BCUT2D eigenvalue weighted by atomic mass is 32.1. The number of hydrogen-bond donors (Lipinski definition) is 2. The highest BCUT2D eigenvalue weighted by Crippen LogP contribution is 2.30. The van der Waals surface area contributed by atoms with E-state index in [0.29, 0.717) is 16.1 Å². The summed E-state index contributed by atoms with van der Waals surface area (Å²) in [7, 11) is 0. The fraction of sp³-hybridized carbons (Fsp3) is 0.296. The molecule has 3 rings (SSSR count). The van der Waals surface area contributed by atoms with Gasteiger partial charge in [0.2, 0.25) is 11.8 Å². The number of anilines is 1. The predicted molar refractivity (Wildman–Crippen MR) is 137 cm³/mol. The van der Waals surface area contributed by atoms with E-state index in [1.54, 1.807) is 17.5 Å². The summed E-state index contributed by atoms with van der Waals surface area (Å²) in [6.45, 7) is 9.36. The molecule has 0 radical (unpaired) electrons. The molecular weight excluding hydrogens is 446 g/mol. The highest BCUT2D eigenvalue weighted by Gasteiger charge is 2.34. The molecule has 3 amide bonds. The Bertz CT molecular complexity index is 1130. The summed E-state index contributed by atoms with van der Waals surface area (Å²) in [6, 6.07) is 17.6. The Balaban J connectivity index is 2.04. The molecule has 1 unspecified atom stereocenters. The Labute approximate surface area is 205 Å². The van der Waals surface area contributed by atoms with Crippen LogP contribution in [0.5, 0.6) is 0 Å². The topological polar surface area (TPSA) is 78.5 Å². The van der Waals surface area contributed by atoms with Crippen molar-refractivity contribution in [1.82, 2.24) is 10.6 Å². The van der Waals surface area contributed by atoms with E-state index in [1.165, 1.54) is 16.2 Å². The van der Waals surface area contributed by atoms with Crippen LogP contribution in [0.1, 0.15) is 53.2 Å². The SMILES string of the molecule is Cc1cc(C)cc(N(C(=O)CNC(=O)c2cccs2)C(C(=O)NC(C)(C)C)c2ccccc2)c1. The van der Waals surface area contributed by atoms with Crippen LogP contribution in [0.25, 0.3) is 0 Å². The van der Waals surface area contributed by atoms with Gasteiger partial charge in [0.05, 0.1) is 11.4 Å². The fourth-order valence-electron chi connectivity index (χ4n) is 3.75. The quantitative estimate of drug-likeness (QED) is 0.514. The minimum Gasteiger partial charge on any atom is -0.349 e. The Morgan fingerprint density at radius 2 is 1.59 bits per heavy atom. The van der Waals surface area contributed by atoms with Gasteiger partial charge in [0.1, 0.15) is 6.04 Å². The summed E-state index contributed by atoms with van der Waals surface area (Å²) >= 11 is 1.30. The molecule has 1 aromatic heterocycles. The second-order valence-corrected chi connectivity index (χ2v) is 10.3. The van der Waals surface area contributed by atoms with Crippen LogP contribution in [-0.4, -0.2) is 29.8 Å². The molecule has 2 N–H and O–H groups in total. The van der Waals surface area contributed by atoms with E-state index in [1.807, 2.05) is 83.1 Å². The van der Waals surface area contributed by atoms with Gasteiger partial charge in [0.15, 0.2) is 0 Å². The normalized spacial score (nSPS) is 12.0. The van der Waals surface area contributed by atoms with E-state index in [2.05, 4.69) is 10.6 Å². The smallest absolute Gasteiger partial charge is 0.261 e. The molecule has 0 aliphatic rings. The van der Waals surface area contributed by atoms with Gasteiger partial charge in [-0.25, -0.2) is 0 Å². The summed E-state index contributed by atoms with van der Waals surface area (Å²) < 4.78 is 0. The number of carbonyl (C=O) groups is 3. The minimum absolute atomic E-state index is 0.240. The molecule has 0 spiro atoms. The molecule has 178 valence electrons. The molecule has 3 aromatic rings. The van der Waals surface area contributed by atoms with Gasteiger partial charge < -0.3 is 10.6 Å². The first-order valence-electron chi connectivity index (χ1n) is 11.1. The lowest BCUT2D eigenvalue weighted by atomic mass is 10.00. The monoisotopic (exact) mass is 477 g/mol. The number of benzene rings is 2. The number of nitrogens with zero attached hydrogens (tertiary/aromatic N) is 1. The second-order valence-electron chi connectivity index (χ2n) is 9.32. The number of aryl methyl sites for hydroxylation is 2. The summed E-state index contributed by atoms with van der Waals surface area (Å²) in [6.07, 6.45) is 0. The zero-order chi connectivity index (χ0) is 24.9. The van der Waals surface area contributed by atoms with Crippen molar-refractivity contribution in [2.75, 3.05) is 11.4 Å². The Morgan fingerprint density at radius 1 is 0.941 bits per heavy atom. The first kappa shape index (κ1) is 25.2. The number of carbonyl (C=O) groups excluding carboxylic acids is 3. The van der Waals surface area contributed by atoms with Crippen molar-refractivity contribution < 1.29 is 14.4 Å². The van der Waals surface area contributed by atoms with Crippen LogP contribution in [0.2, 0.25) is 0 Å². The summed E-state index contributed by atoms with van der Waals surface area (Å²) in [4.78, 5) is 41.7. The van der Waals surface area contributed by atoms with Gasteiger partial charge in [0.25, 0.3) is 5.91 Å². The van der Waals surface area contributed by atoms with Gasteiger partial charge in [-0.3, -0.25) is 19.3 Å². The maximum atomic E-state index is 13.7. The molecule has 7 heteroatoms. The standard InChI is InChI=1S/C27H31N3O3S/c1-18-14-19(2)16-21(15-18)30(23(31)17-28-25(32)22-12-9-13-34-22)24(20-10-7-6-8-11-20)26(33)29-27(3,4)5/h6-16,24H,17H2,1-5H3,(H,28,32)(H,29,33). The lowest BCUT2D eigenvalue weighted by Crippen LogP contribution is -2.51. The maximum Gasteiger partial charge on any atom is 0.261 e. The zero-order valence-corrected chi connectivity index (χ0v) is 21.0. The van der Waals surface area contributed by atoms with E-state index >= 15 is 0 Å². The van der Waals surface area contributed by atoms with Crippen LogP contribution >= 0.6 is 11.3 Å². The van der Waals surface area contributed by atoms with Crippen LogP contribution in [-0.2, 0) is 9.59 Å². The molecule has 0 fully saturated rings. The van der Waals surface area contributed by atoms with E-state index in [-0.39, 0.29) is 24.3 Å². The van der Waals surface area contributed by atoms with Gasteiger partial charge in [0, 0.05) is 11.2 Å². The van der Waals surface area contributed by atoms with Crippen LogP contribution in [0.15, 0.2) is 66.0 Å². The number of rotatable bonds is 7. The van der Waals surface area contributed by atoms with Crippen molar-refractivity contribution in [2.45, 2.75) is 46.2 Å². The number of amides is 3. The van der Waals surface area contributed by atoms with E-state index in [0.717, 1.165) is 11.1 Å². The lowest BCUT2D eigenvalue weighted by Gasteiger charge is -2.34. The molecule has 0 aliphatic heterocycles. The van der Waals surface area contributed by atoms with Crippen LogP contribution < -0.4 is 15.5 Å². The number of thiophene rings is 1. The van der Waals surface area contributed by atoms with Crippen molar-refractivity contribution in [2.24, 2.45) is 0 Å². The lowest BCUT2D eigenvalue weighted by molar-refractivity contribution is -0.127. The molecule has 0 aliphatic carbocycles. The molecule has 1 atom stereocenters. The highest BCUT2D eigenvalue weighted by molar-refractivity contribution is 7.12. The molecule has 1 heterocycles. The molecule has 0 saturated carbocycles. The number of hydrogen-bond acceptors (Lipinski definition) is 4. The first-order valence-corrected chi connectivity index (χ1v) is 12.0. The number of nitrogens with one attached hydrogen (secondary N) is 2. The second kappa shape index (κ2) is 10.7. The maximum absolute atomic E-state index is 13.7. The van der Waals surface area contributed by atoms with Crippen LogP contribution in [0, 0.1) is 13.8 Å². The molecule has 0 bridgehead atoms. The third kappa shape index (κ3) is 6.54. The largest absolute Gasteiger partial charge is 0.349 e. The van der Waals surface area contributed by atoms with Gasteiger partial charge in [-0.2, -0.15) is 0 Å². The molecule has 6 nitrogen and oxygen atoms in total. The van der Waals surface area contributed by atoms with Gasteiger partial charge in [-0.1, -0.05) is 42.5 Å². The molecule has 2 aromatic carbocycles.